The van der Waals surface area contributed by atoms with Crippen LogP contribution in [0.4, 0.5) is 0 Å². The number of rotatable bonds is 5. The van der Waals surface area contributed by atoms with Crippen molar-refractivity contribution in [1.82, 2.24) is 0 Å². The molecule has 0 aliphatic carbocycles. The summed E-state index contributed by atoms with van der Waals surface area (Å²) in [6.07, 6.45) is 2.43. The molecule has 1 unspecified atom stereocenters. The second-order valence-electron chi connectivity index (χ2n) is 4.33. The third-order valence-corrected chi connectivity index (χ3v) is 3.34. The highest BCUT2D eigenvalue weighted by Gasteiger charge is 2.18. The van der Waals surface area contributed by atoms with Crippen LogP contribution in [-0.2, 0) is 0 Å². The summed E-state index contributed by atoms with van der Waals surface area (Å²) >= 11 is 0. The molecule has 0 saturated heterocycles. The first-order chi connectivity index (χ1) is 7.22. The van der Waals surface area contributed by atoms with Crippen molar-refractivity contribution < 1.29 is 0 Å². The number of aryl methyl sites for hydroxylation is 1. The second kappa shape index (κ2) is 5.92. The van der Waals surface area contributed by atoms with Crippen molar-refractivity contribution in [2.45, 2.75) is 39.5 Å². The molecule has 1 rings (SSSR count). The predicted molar refractivity (Wildman–Crippen MR) is 67.0 cm³/mol. The van der Waals surface area contributed by atoms with Crippen molar-refractivity contribution in [3.05, 3.63) is 35.4 Å². The minimum absolute atomic E-state index is 0.528. The number of benzene rings is 1. The number of hydrogen-bond donors (Lipinski definition) is 1. The van der Waals surface area contributed by atoms with Crippen LogP contribution in [0.1, 0.15) is 43.7 Å². The number of hydrogen-bond acceptors (Lipinski definition) is 1. The highest BCUT2D eigenvalue weighted by atomic mass is 14.6. The van der Waals surface area contributed by atoms with Crippen LogP contribution in [0.15, 0.2) is 24.3 Å². The Labute approximate surface area is 93.7 Å². The van der Waals surface area contributed by atoms with Gasteiger partial charge >= 0.3 is 0 Å². The van der Waals surface area contributed by atoms with Crippen molar-refractivity contribution in [1.29, 1.82) is 0 Å². The first-order valence-electron chi connectivity index (χ1n) is 5.99. The molecule has 1 aromatic carbocycles. The lowest BCUT2D eigenvalue weighted by atomic mass is 9.82. The summed E-state index contributed by atoms with van der Waals surface area (Å²) in [6.45, 7) is 7.42. The summed E-state index contributed by atoms with van der Waals surface area (Å²) in [7, 11) is 0. The summed E-state index contributed by atoms with van der Waals surface area (Å²) < 4.78 is 0. The molecule has 1 heteroatoms. The van der Waals surface area contributed by atoms with Crippen LogP contribution >= 0.6 is 0 Å². The van der Waals surface area contributed by atoms with Gasteiger partial charge in [0.05, 0.1) is 0 Å². The van der Waals surface area contributed by atoms with E-state index in [1.54, 1.807) is 0 Å². The zero-order valence-electron chi connectivity index (χ0n) is 10.2. The van der Waals surface area contributed by atoms with Crippen LogP contribution in [0.25, 0.3) is 0 Å². The second-order valence-corrected chi connectivity index (χ2v) is 4.33. The first-order valence-corrected chi connectivity index (χ1v) is 5.99. The fourth-order valence-corrected chi connectivity index (χ4v) is 2.36. The third-order valence-electron chi connectivity index (χ3n) is 3.34. The van der Waals surface area contributed by atoms with E-state index in [1.807, 2.05) is 0 Å². The molecular weight excluding hydrogens is 182 g/mol. The molecule has 0 spiro atoms. The van der Waals surface area contributed by atoms with E-state index in [0.717, 1.165) is 12.5 Å². The summed E-state index contributed by atoms with van der Waals surface area (Å²) in [6, 6.07) is 8.76. The highest BCUT2D eigenvalue weighted by molar-refractivity contribution is 5.26. The van der Waals surface area contributed by atoms with E-state index in [2.05, 4.69) is 45.0 Å². The fourth-order valence-electron chi connectivity index (χ4n) is 2.36. The first kappa shape index (κ1) is 12.3. The molecule has 0 aliphatic rings. The average Bonchev–Trinajstić information content (AvgIpc) is 2.25. The van der Waals surface area contributed by atoms with Gasteiger partial charge in [-0.25, -0.2) is 0 Å². The van der Waals surface area contributed by atoms with Gasteiger partial charge in [-0.15, -0.1) is 0 Å². The van der Waals surface area contributed by atoms with E-state index < -0.39 is 0 Å². The Morgan fingerprint density at radius 1 is 1.20 bits per heavy atom. The van der Waals surface area contributed by atoms with Crippen molar-refractivity contribution in [3.8, 4) is 0 Å². The molecule has 2 N–H and O–H groups in total. The maximum absolute atomic E-state index is 5.91. The number of nitrogens with two attached hydrogens (primary N) is 1. The van der Waals surface area contributed by atoms with Crippen LogP contribution in [0.5, 0.6) is 0 Å². The Morgan fingerprint density at radius 2 is 1.87 bits per heavy atom. The maximum Gasteiger partial charge on any atom is -0.000557 e. The van der Waals surface area contributed by atoms with E-state index in [4.69, 9.17) is 5.73 Å². The zero-order valence-corrected chi connectivity index (χ0v) is 10.2. The fraction of sp³-hybridized carbons (Fsp3) is 0.571. The molecule has 1 atom stereocenters. The monoisotopic (exact) mass is 205 g/mol. The largest absolute Gasteiger partial charge is 0.330 e. The summed E-state index contributed by atoms with van der Waals surface area (Å²) in [5.41, 5.74) is 8.65. The highest BCUT2D eigenvalue weighted by Crippen LogP contribution is 2.29. The lowest BCUT2D eigenvalue weighted by molar-refractivity contribution is 0.402. The summed E-state index contributed by atoms with van der Waals surface area (Å²) in [5, 5.41) is 0. The van der Waals surface area contributed by atoms with Crippen molar-refractivity contribution in [2.24, 2.45) is 11.7 Å². The van der Waals surface area contributed by atoms with Gasteiger partial charge in [-0.1, -0.05) is 56.5 Å². The summed E-state index contributed by atoms with van der Waals surface area (Å²) in [4.78, 5) is 0. The molecule has 1 aromatic rings. The van der Waals surface area contributed by atoms with Crippen LogP contribution in [0.2, 0.25) is 0 Å². The van der Waals surface area contributed by atoms with E-state index in [0.29, 0.717) is 5.92 Å². The van der Waals surface area contributed by atoms with Gasteiger partial charge in [0.2, 0.25) is 0 Å². The van der Waals surface area contributed by atoms with Crippen LogP contribution in [0.3, 0.4) is 0 Å². The van der Waals surface area contributed by atoms with Crippen molar-refractivity contribution in [3.63, 3.8) is 0 Å². The van der Waals surface area contributed by atoms with Crippen LogP contribution < -0.4 is 5.73 Å². The van der Waals surface area contributed by atoms with Crippen molar-refractivity contribution in [2.75, 3.05) is 6.54 Å². The van der Waals surface area contributed by atoms with E-state index in [9.17, 15) is 0 Å². The molecule has 0 radical (unpaired) electrons. The minimum Gasteiger partial charge on any atom is -0.330 e. The molecule has 0 fully saturated rings. The Balaban J connectivity index is 2.90. The predicted octanol–water partition coefficient (Wildman–Crippen LogP) is 3.47. The van der Waals surface area contributed by atoms with Gasteiger partial charge in [0.15, 0.2) is 0 Å². The van der Waals surface area contributed by atoms with Gasteiger partial charge in [0, 0.05) is 0 Å². The molecule has 0 aliphatic heterocycles. The van der Waals surface area contributed by atoms with E-state index >= 15 is 0 Å². The Kier molecular flexibility index (Phi) is 4.83. The smallest absolute Gasteiger partial charge is 0.000557 e. The quantitative estimate of drug-likeness (QED) is 0.782. The molecule has 0 bridgehead atoms. The van der Waals surface area contributed by atoms with Gasteiger partial charge in [-0.2, -0.15) is 0 Å². The third kappa shape index (κ3) is 3.07. The maximum atomic E-state index is 5.91. The van der Waals surface area contributed by atoms with Gasteiger partial charge < -0.3 is 5.73 Å². The standard InChI is InChI=1S/C14H23N/c1-4-12(5-2)14(10-15)13-8-6-7-11(3)9-13/h6-9,12,14H,4-5,10,15H2,1-3H3. The summed E-state index contributed by atoms with van der Waals surface area (Å²) in [5.74, 6) is 1.25. The molecule has 15 heavy (non-hydrogen) atoms. The molecule has 0 aromatic heterocycles. The average molecular weight is 205 g/mol. The van der Waals surface area contributed by atoms with E-state index in [-0.39, 0.29) is 0 Å². The molecule has 0 amide bonds. The molecule has 84 valence electrons. The van der Waals surface area contributed by atoms with E-state index in [1.165, 1.54) is 24.0 Å². The Hall–Kier alpha value is -0.820. The van der Waals surface area contributed by atoms with Crippen LogP contribution in [0, 0.1) is 12.8 Å². The van der Waals surface area contributed by atoms with Crippen molar-refractivity contribution >= 4 is 0 Å². The molecular formula is C14H23N. The molecule has 1 nitrogen and oxygen atoms in total. The minimum atomic E-state index is 0.528. The Morgan fingerprint density at radius 3 is 2.33 bits per heavy atom. The lowest BCUT2D eigenvalue weighted by Gasteiger charge is -2.24. The van der Waals surface area contributed by atoms with Gasteiger partial charge in [0.25, 0.3) is 0 Å². The van der Waals surface area contributed by atoms with Gasteiger partial charge in [0.1, 0.15) is 0 Å². The Bertz CT molecular complexity index is 289. The van der Waals surface area contributed by atoms with Crippen LogP contribution in [-0.4, -0.2) is 6.54 Å². The topological polar surface area (TPSA) is 26.0 Å². The normalized spacial score (nSPS) is 13.1. The molecule has 0 saturated carbocycles. The SMILES string of the molecule is CCC(CC)C(CN)c1cccc(C)c1. The van der Waals surface area contributed by atoms with Gasteiger partial charge in [-0.05, 0) is 30.9 Å². The molecule has 0 heterocycles. The van der Waals surface area contributed by atoms with Gasteiger partial charge in [-0.3, -0.25) is 0 Å². The zero-order chi connectivity index (χ0) is 11.3. The lowest BCUT2D eigenvalue weighted by Crippen LogP contribution is -2.20.